The monoisotopic (exact) mass is 367 g/mol. The van der Waals surface area contributed by atoms with Crippen molar-refractivity contribution in [2.24, 2.45) is 0 Å². The second-order valence-corrected chi connectivity index (χ2v) is 8.31. The Balaban J connectivity index is 1.57. The first-order valence-corrected chi connectivity index (χ1v) is 9.71. The summed E-state index contributed by atoms with van der Waals surface area (Å²) in [5.41, 5.74) is 0.621. The van der Waals surface area contributed by atoms with Gasteiger partial charge in [0, 0.05) is 31.5 Å². The summed E-state index contributed by atoms with van der Waals surface area (Å²) in [6.07, 6.45) is 0.884. The minimum absolute atomic E-state index is 0.0184. The van der Waals surface area contributed by atoms with Crippen molar-refractivity contribution < 1.29 is 22.1 Å². The molecule has 2 heterocycles. The van der Waals surface area contributed by atoms with E-state index in [2.05, 4.69) is 10.1 Å². The second-order valence-electron chi connectivity index (χ2n) is 6.08. The van der Waals surface area contributed by atoms with Gasteiger partial charge in [0.05, 0.1) is 11.5 Å². The maximum Gasteiger partial charge on any atom is 0.227 e. The van der Waals surface area contributed by atoms with E-state index in [0.717, 1.165) is 0 Å². The first-order chi connectivity index (χ1) is 11.8. The number of carbonyl (C=O) groups excluding carboxylic acids is 1. The molecule has 1 amide bonds. The molecule has 1 saturated heterocycles. The van der Waals surface area contributed by atoms with Gasteiger partial charge in [-0.3, -0.25) is 4.79 Å². The van der Waals surface area contributed by atoms with Crippen molar-refractivity contribution in [1.82, 2.24) is 15.0 Å². The van der Waals surface area contributed by atoms with Gasteiger partial charge in [0.15, 0.2) is 9.84 Å². The molecule has 9 heteroatoms. The second kappa shape index (κ2) is 6.91. The molecule has 1 atom stereocenters. The lowest BCUT2D eigenvalue weighted by atomic mass is 10.2. The van der Waals surface area contributed by atoms with Crippen molar-refractivity contribution in [3.63, 3.8) is 0 Å². The van der Waals surface area contributed by atoms with Gasteiger partial charge in [-0.1, -0.05) is 5.16 Å². The van der Waals surface area contributed by atoms with E-state index in [1.807, 2.05) is 0 Å². The van der Waals surface area contributed by atoms with E-state index >= 15 is 0 Å². The van der Waals surface area contributed by atoms with Gasteiger partial charge in [0.2, 0.25) is 17.6 Å². The fourth-order valence-electron chi connectivity index (χ4n) is 2.75. The van der Waals surface area contributed by atoms with Crippen LogP contribution in [0.4, 0.5) is 4.39 Å². The molecule has 1 aromatic heterocycles. The van der Waals surface area contributed by atoms with Crippen LogP contribution in [0.1, 0.15) is 18.7 Å². The van der Waals surface area contributed by atoms with Crippen molar-refractivity contribution >= 4 is 15.7 Å². The topological polar surface area (TPSA) is 93.4 Å². The minimum Gasteiger partial charge on any atom is -0.342 e. The summed E-state index contributed by atoms with van der Waals surface area (Å²) < 4.78 is 41.1. The molecule has 134 valence electrons. The molecule has 3 rings (SSSR count). The fraction of sp³-hybridized carbons (Fsp3) is 0.438. The Morgan fingerprint density at radius 3 is 2.72 bits per heavy atom. The van der Waals surface area contributed by atoms with Crippen LogP contribution in [-0.2, 0) is 21.1 Å². The van der Waals surface area contributed by atoms with Gasteiger partial charge in [-0.25, -0.2) is 12.8 Å². The highest BCUT2D eigenvalue weighted by Crippen LogP contribution is 2.19. The number of aromatic nitrogens is 2. The number of halogens is 1. The van der Waals surface area contributed by atoms with Crippen molar-refractivity contribution in [2.75, 3.05) is 18.6 Å². The number of nitrogens with zero attached hydrogens (tertiary/aromatic N) is 3. The lowest BCUT2D eigenvalue weighted by molar-refractivity contribution is -0.131. The molecule has 1 unspecified atom stereocenters. The molecule has 7 nitrogen and oxygen atoms in total. The summed E-state index contributed by atoms with van der Waals surface area (Å²) in [6, 6.07) is 5.43. The van der Waals surface area contributed by atoms with E-state index in [1.165, 1.54) is 17.0 Å². The van der Waals surface area contributed by atoms with Crippen LogP contribution in [0.15, 0.2) is 28.8 Å². The Morgan fingerprint density at radius 2 is 2.08 bits per heavy atom. The van der Waals surface area contributed by atoms with E-state index < -0.39 is 9.84 Å². The lowest BCUT2D eigenvalue weighted by Crippen LogP contribution is -2.37. The molecule has 1 aliphatic rings. The van der Waals surface area contributed by atoms with E-state index in [0.29, 0.717) is 23.7 Å². The normalized spacial score (nSPS) is 19.0. The Bertz CT molecular complexity index is 864. The lowest BCUT2D eigenvalue weighted by Gasteiger charge is -2.23. The molecule has 1 aliphatic heterocycles. The summed E-state index contributed by atoms with van der Waals surface area (Å²) in [5, 5.41) is 3.82. The first kappa shape index (κ1) is 17.5. The molecular weight excluding hydrogens is 349 g/mol. The Hall–Kier alpha value is -2.29. The third-order valence-corrected chi connectivity index (χ3v) is 6.02. The number of rotatable bonds is 5. The van der Waals surface area contributed by atoms with Crippen LogP contribution in [0.5, 0.6) is 0 Å². The third kappa shape index (κ3) is 4.22. The summed E-state index contributed by atoms with van der Waals surface area (Å²) in [5.74, 6) is 0.265. The smallest absolute Gasteiger partial charge is 0.227 e. The zero-order chi connectivity index (χ0) is 18.0. The Kier molecular flexibility index (Phi) is 4.85. The average Bonchev–Trinajstić information content (AvgIpc) is 3.19. The van der Waals surface area contributed by atoms with E-state index in [1.54, 1.807) is 19.2 Å². The van der Waals surface area contributed by atoms with Crippen molar-refractivity contribution in [3.05, 3.63) is 36.0 Å². The SMILES string of the molecule is CN(C(=O)CCc1nc(-c2ccc(F)cc2)no1)C1CCS(=O)(=O)C1. The van der Waals surface area contributed by atoms with Crippen molar-refractivity contribution in [3.8, 4) is 11.4 Å². The summed E-state index contributed by atoms with van der Waals surface area (Å²) in [6.45, 7) is 0. The van der Waals surface area contributed by atoms with Crippen molar-refractivity contribution in [2.45, 2.75) is 25.3 Å². The Labute approximate surface area is 144 Å². The van der Waals surface area contributed by atoms with Crippen molar-refractivity contribution in [1.29, 1.82) is 0 Å². The number of hydrogen-bond donors (Lipinski definition) is 0. The number of benzene rings is 1. The molecule has 0 N–H and O–H groups in total. The predicted octanol–water partition coefficient (Wildman–Crippen LogP) is 1.45. The van der Waals surface area contributed by atoms with Gasteiger partial charge >= 0.3 is 0 Å². The molecule has 25 heavy (non-hydrogen) atoms. The molecular formula is C16H18FN3O4S. The van der Waals surface area contributed by atoms with Gasteiger partial charge in [-0.2, -0.15) is 4.98 Å². The first-order valence-electron chi connectivity index (χ1n) is 7.89. The summed E-state index contributed by atoms with van der Waals surface area (Å²) in [7, 11) is -1.42. The highest BCUT2D eigenvalue weighted by atomic mass is 32.2. The molecule has 0 spiro atoms. The Morgan fingerprint density at radius 1 is 1.36 bits per heavy atom. The van der Waals surface area contributed by atoms with Crippen LogP contribution >= 0.6 is 0 Å². The van der Waals surface area contributed by atoms with Crippen LogP contribution in [0.2, 0.25) is 0 Å². The average molecular weight is 367 g/mol. The molecule has 1 aromatic carbocycles. The van der Waals surface area contributed by atoms with E-state index in [4.69, 9.17) is 4.52 Å². The van der Waals surface area contributed by atoms with Gasteiger partial charge in [0.25, 0.3) is 0 Å². The molecule has 0 aliphatic carbocycles. The summed E-state index contributed by atoms with van der Waals surface area (Å²) >= 11 is 0. The summed E-state index contributed by atoms with van der Waals surface area (Å²) in [4.78, 5) is 17.9. The van der Waals surface area contributed by atoms with Gasteiger partial charge in [-0.15, -0.1) is 0 Å². The highest BCUT2D eigenvalue weighted by Gasteiger charge is 2.32. The maximum absolute atomic E-state index is 12.9. The van der Waals surface area contributed by atoms with E-state index in [9.17, 15) is 17.6 Å². The zero-order valence-electron chi connectivity index (χ0n) is 13.7. The number of carbonyl (C=O) groups is 1. The molecule has 0 radical (unpaired) electrons. The highest BCUT2D eigenvalue weighted by molar-refractivity contribution is 7.91. The third-order valence-electron chi connectivity index (χ3n) is 4.27. The van der Waals surface area contributed by atoms with Crippen LogP contribution in [-0.4, -0.2) is 54.0 Å². The quantitative estimate of drug-likeness (QED) is 0.794. The molecule has 0 bridgehead atoms. The minimum atomic E-state index is -3.03. The van der Waals surface area contributed by atoms with Gasteiger partial charge < -0.3 is 9.42 Å². The van der Waals surface area contributed by atoms with Crippen LogP contribution in [0.25, 0.3) is 11.4 Å². The maximum atomic E-state index is 12.9. The van der Waals surface area contributed by atoms with E-state index in [-0.39, 0.29) is 42.1 Å². The van der Waals surface area contributed by atoms with Gasteiger partial charge in [0.1, 0.15) is 5.82 Å². The number of aryl methyl sites for hydroxylation is 1. The van der Waals surface area contributed by atoms with Crippen LogP contribution in [0.3, 0.4) is 0 Å². The molecule has 0 saturated carbocycles. The van der Waals surface area contributed by atoms with Gasteiger partial charge in [-0.05, 0) is 30.7 Å². The van der Waals surface area contributed by atoms with Crippen LogP contribution in [0, 0.1) is 5.82 Å². The fourth-order valence-corrected chi connectivity index (χ4v) is 4.52. The largest absolute Gasteiger partial charge is 0.342 e. The standard InChI is InChI=1S/C16H18FN3O4S/c1-20(13-8-9-25(22,23)10-13)15(21)7-6-14-18-16(19-24-14)11-2-4-12(17)5-3-11/h2-5,13H,6-10H2,1H3. The molecule has 2 aromatic rings. The zero-order valence-corrected chi connectivity index (χ0v) is 14.5. The number of sulfone groups is 1. The number of hydrogen-bond acceptors (Lipinski definition) is 6. The van der Waals surface area contributed by atoms with Crippen LogP contribution < -0.4 is 0 Å². The molecule has 1 fully saturated rings. The predicted molar refractivity (Wildman–Crippen MR) is 87.8 cm³/mol. The number of amides is 1.